The molecule has 0 unspecified atom stereocenters. The van der Waals surface area contributed by atoms with Crippen LogP contribution in [0.2, 0.25) is 0 Å². The summed E-state index contributed by atoms with van der Waals surface area (Å²) in [6.07, 6.45) is 0. The number of rotatable bonds is 3. The van der Waals surface area contributed by atoms with Crippen LogP contribution < -0.4 is 4.74 Å². The van der Waals surface area contributed by atoms with Crippen LogP contribution in [0.4, 0.5) is 0 Å². The van der Waals surface area contributed by atoms with E-state index in [0.29, 0.717) is 33.5 Å². The number of carbonyl (C=O) groups is 1. The number of hydrogen-bond donors (Lipinski definition) is 1. The largest absolute Gasteiger partial charge is 0.497 e. The number of fused-ring (bicyclic) bond motifs is 1. The quantitative estimate of drug-likeness (QED) is 0.585. The number of ketones is 1. The van der Waals surface area contributed by atoms with Crippen molar-refractivity contribution in [2.45, 2.75) is 6.92 Å². The molecule has 1 heterocycles. The lowest BCUT2D eigenvalue weighted by atomic mass is 9.99. The molecule has 1 aromatic heterocycles. The van der Waals surface area contributed by atoms with E-state index in [0.717, 1.165) is 4.73 Å². The van der Waals surface area contributed by atoms with Gasteiger partial charge >= 0.3 is 0 Å². The summed E-state index contributed by atoms with van der Waals surface area (Å²) in [5.74, 6) is 0.393. The predicted octanol–water partition coefficient (Wildman–Crippen LogP) is 3.50. The van der Waals surface area contributed by atoms with Gasteiger partial charge in [0.1, 0.15) is 17.9 Å². The molecule has 122 valence electrons. The Morgan fingerprint density at radius 3 is 2.24 bits per heavy atom. The van der Waals surface area contributed by atoms with Gasteiger partial charge in [0.2, 0.25) is 0 Å². The fourth-order valence-electron chi connectivity index (χ4n) is 2.87. The lowest BCUT2D eigenvalue weighted by molar-refractivity contribution is 0.101. The summed E-state index contributed by atoms with van der Waals surface area (Å²) >= 11 is 0. The van der Waals surface area contributed by atoms with Crippen LogP contribution in [-0.4, -0.2) is 22.8 Å². The van der Waals surface area contributed by atoms with Crippen molar-refractivity contribution in [1.82, 2.24) is 4.73 Å². The van der Waals surface area contributed by atoms with Gasteiger partial charge in [0, 0.05) is 10.9 Å². The third kappa shape index (κ3) is 2.46. The van der Waals surface area contributed by atoms with Crippen LogP contribution in [0.25, 0.3) is 22.2 Å². The minimum atomic E-state index is -0.253. The summed E-state index contributed by atoms with van der Waals surface area (Å²) in [6.45, 7) is 1.39. The number of ether oxygens (including phenoxy) is 1. The van der Waals surface area contributed by atoms with Gasteiger partial charge in [0.05, 0.1) is 35.0 Å². The van der Waals surface area contributed by atoms with Crippen LogP contribution in [0.15, 0.2) is 36.4 Å². The Balaban J connectivity index is 2.40. The summed E-state index contributed by atoms with van der Waals surface area (Å²) < 4.78 is 6.01. The number of nitriles is 2. The second-order valence-corrected chi connectivity index (χ2v) is 5.46. The van der Waals surface area contributed by atoms with E-state index in [1.807, 2.05) is 12.1 Å². The second kappa shape index (κ2) is 6.03. The molecule has 1 N–H and O–H groups in total. The van der Waals surface area contributed by atoms with Crippen LogP contribution in [0, 0.1) is 22.7 Å². The van der Waals surface area contributed by atoms with E-state index in [4.69, 9.17) is 4.74 Å². The maximum Gasteiger partial charge on any atom is 0.162 e. The zero-order chi connectivity index (χ0) is 18.1. The minimum absolute atomic E-state index is 0.138. The van der Waals surface area contributed by atoms with Crippen molar-refractivity contribution in [3.63, 3.8) is 0 Å². The van der Waals surface area contributed by atoms with Crippen LogP contribution in [-0.2, 0) is 0 Å². The molecular weight excluding hydrogens is 318 g/mol. The first-order chi connectivity index (χ1) is 12.0. The van der Waals surface area contributed by atoms with Crippen molar-refractivity contribution in [3.8, 4) is 29.1 Å². The topological polar surface area (TPSA) is 99.0 Å². The van der Waals surface area contributed by atoms with E-state index in [1.54, 1.807) is 31.4 Å². The Labute approximate surface area is 143 Å². The van der Waals surface area contributed by atoms with Gasteiger partial charge in [-0.15, -0.1) is 0 Å². The minimum Gasteiger partial charge on any atom is -0.497 e. The molecule has 0 amide bonds. The second-order valence-electron chi connectivity index (χ2n) is 5.46. The highest BCUT2D eigenvalue weighted by atomic mass is 16.5. The van der Waals surface area contributed by atoms with Crippen molar-refractivity contribution in [2.75, 3.05) is 7.11 Å². The third-order valence-corrected chi connectivity index (χ3v) is 4.04. The van der Waals surface area contributed by atoms with E-state index in [2.05, 4.69) is 0 Å². The molecule has 3 aromatic rings. The number of methoxy groups -OCH3 is 1. The van der Waals surface area contributed by atoms with Crippen molar-refractivity contribution in [3.05, 3.63) is 53.1 Å². The summed E-state index contributed by atoms with van der Waals surface area (Å²) in [4.78, 5) is 12.2. The highest BCUT2D eigenvalue weighted by Crippen LogP contribution is 2.35. The molecule has 0 aliphatic rings. The van der Waals surface area contributed by atoms with Crippen molar-refractivity contribution in [2.24, 2.45) is 0 Å². The van der Waals surface area contributed by atoms with Gasteiger partial charge in [0.15, 0.2) is 5.78 Å². The number of aromatic nitrogens is 1. The Bertz CT molecular complexity index is 1080. The molecule has 25 heavy (non-hydrogen) atoms. The molecule has 0 aliphatic heterocycles. The summed E-state index contributed by atoms with van der Waals surface area (Å²) in [5.41, 5.74) is 1.81. The highest BCUT2D eigenvalue weighted by molar-refractivity contribution is 6.13. The van der Waals surface area contributed by atoms with Crippen molar-refractivity contribution < 1.29 is 14.7 Å². The van der Waals surface area contributed by atoms with Gasteiger partial charge < -0.3 is 9.94 Å². The van der Waals surface area contributed by atoms with Crippen molar-refractivity contribution >= 4 is 16.7 Å². The average molecular weight is 331 g/mol. The van der Waals surface area contributed by atoms with E-state index in [1.165, 1.54) is 19.1 Å². The Kier molecular flexibility index (Phi) is 3.88. The zero-order valence-electron chi connectivity index (χ0n) is 13.6. The summed E-state index contributed by atoms with van der Waals surface area (Å²) in [6, 6.07) is 13.6. The van der Waals surface area contributed by atoms with Crippen LogP contribution in [0.5, 0.6) is 5.75 Å². The zero-order valence-corrected chi connectivity index (χ0v) is 13.6. The first kappa shape index (κ1) is 16.1. The smallest absolute Gasteiger partial charge is 0.162 e. The van der Waals surface area contributed by atoms with Crippen LogP contribution >= 0.6 is 0 Å². The van der Waals surface area contributed by atoms with Crippen LogP contribution in [0.1, 0.15) is 28.4 Å². The van der Waals surface area contributed by atoms with E-state index < -0.39 is 0 Å². The number of carbonyl (C=O) groups excluding carboxylic acids is 1. The molecule has 0 bridgehead atoms. The number of Topliss-reactive ketones (excluding diaryl/α,β-unsaturated/α-hetero) is 1. The summed E-state index contributed by atoms with van der Waals surface area (Å²) in [7, 11) is 1.55. The monoisotopic (exact) mass is 331 g/mol. The fourth-order valence-corrected chi connectivity index (χ4v) is 2.87. The molecule has 6 heteroatoms. The maximum absolute atomic E-state index is 12.2. The first-order valence-electron chi connectivity index (χ1n) is 7.39. The molecule has 0 saturated heterocycles. The SMILES string of the molecule is COc1ccc(-c2c(C(C)=O)c3cc(C#N)c(C#N)cc3n2O)cc1. The molecule has 0 atom stereocenters. The average Bonchev–Trinajstić information content (AvgIpc) is 2.92. The highest BCUT2D eigenvalue weighted by Gasteiger charge is 2.23. The molecule has 0 fully saturated rings. The van der Waals surface area contributed by atoms with E-state index >= 15 is 0 Å². The first-order valence-corrected chi connectivity index (χ1v) is 7.39. The van der Waals surface area contributed by atoms with E-state index in [-0.39, 0.29) is 16.9 Å². The normalized spacial score (nSPS) is 10.2. The molecule has 0 aliphatic carbocycles. The predicted molar refractivity (Wildman–Crippen MR) is 90.5 cm³/mol. The number of benzene rings is 2. The molecule has 0 saturated carbocycles. The van der Waals surface area contributed by atoms with Gasteiger partial charge in [0.25, 0.3) is 0 Å². The maximum atomic E-state index is 12.2. The lowest BCUT2D eigenvalue weighted by Crippen LogP contribution is -1.99. The summed E-state index contributed by atoms with van der Waals surface area (Å²) in [5, 5.41) is 29.5. The van der Waals surface area contributed by atoms with Gasteiger partial charge in [-0.05, 0) is 43.3 Å². The van der Waals surface area contributed by atoms with Gasteiger partial charge in [-0.2, -0.15) is 15.3 Å². The van der Waals surface area contributed by atoms with Crippen LogP contribution in [0.3, 0.4) is 0 Å². The molecular formula is C19H13N3O3. The standard InChI is InChI=1S/C19H13N3O3/c1-11(23)18-16-7-13(9-20)14(10-21)8-17(16)22(24)19(18)12-3-5-15(25-2)6-4-12/h3-8,24H,1-2H3. The fraction of sp³-hybridized carbons (Fsp3) is 0.105. The Morgan fingerprint density at radius 2 is 1.72 bits per heavy atom. The number of hydrogen-bond acceptors (Lipinski definition) is 5. The number of nitrogens with zero attached hydrogens (tertiary/aromatic N) is 3. The molecule has 2 aromatic carbocycles. The van der Waals surface area contributed by atoms with Gasteiger partial charge in [-0.3, -0.25) is 4.79 Å². The van der Waals surface area contributed by atoms with Gasteiger partial charge in [-0.1, -0.05) is 0 Å². The molecule has 0 spiro atoms. The lowest BCUT2D eigenvalue weighted by Gasteiger charge is -2.06. The molecule has 0 radical (unpaired) electrons. The Hall–Kier alpha value is -3.77. The molecule has 6 nitrogen and oxygen atoms in total. The van der Waals surface area contributed by atoms with E-state index in [9.17, 15) is 20.5 Å². The van der Waals surface area contributed by atoms with Crippen molar-refractivity contribution in [1.29, 1.82) is 10.5 Å². The molecule has 3 rings (SSSR count). The Morgan fingerprint density at radius 1 is 1.12 bits per heavy atom. The van der Waals surface area contributed by atoms with Gasteiger partial charge in [-0.25, -0.2) is 0 Å². The third-order valence-electron chi connectivity index (χ3n) is 4.04.